The van der Waals surface area contributed by atoms with Crippen molar-refractivity contribution < 1.29 is 9.15 Å². The van der Waals surface area contributed by atoms with Crippen LogP contribution in [0.25, 0.3) is 5.69 Å². The van der Waals surface area contributed by atoms with Crippen molar-refractivity contribution in [1.82, 2.24) is 25.5 Å². The zero-order valence-corrected chi connectivity index (χ0v) is 13.4. The number of benzene rings is 1. The molecule has 0 saturated heterocycles. The van der Waals surface area contributed by atoms with Crippen LogP contribution < -0.4 is 10.1 Å². The van der Waals surface area contributed by atoms with Gasteiger partial charge in [-0.1, -0.05) is 0 Å². The number of methoxy groups -OCH3 is 1. The maximum Gasteiger partial charge on any atom is 0.176 e. The van der Waals surface area contributed by atoms with Gasteiger partial charge >= 0.3 is 0 Å². The second-order valence-corrected chi connectivity index (χ2v) is 5.67. The molecule has 0 radical (unpaired) electrons. The Morgan fingerprint density at radius 2 is 2.00 bits per heavy atom. The molecule has 0 aliphatic rings. The first-order valence-electron chi connectivity index (χ1n) is 7.31. The molecule has 0 bridgehead atoms. The van der Waals surface area contributed by atoms with E-state index in [9.17, 15) is 0 Å². The van der Waals surface area contributed by atoms with Gasteiger partial charge in [-0.3, -0.25) is 5.32 Å². The van der Waals surface area contributed by atoms with Crippen LogP contribution in [0.4, 0.5) is 0 Å². The van der Waals surface area contributed by atoms with E-state index in [1.807, 2.05) is 50.2 Å². The third-order valence-corrected chi connectivity index (χ3v) is 3.63. The Kier molecular flexibility index (Phi) is 4.12. The van der Waals surface area contributed by atoms with Gasteiger partial charge in [0.2, 0.25) is 0 Å². The highest BCUT2D eigenvalue weighted by atomic mass is 16.5. The van der Waals surface area contributed by atoms with Gasteiger partial charge in [-0.25, -0.2) is 0 Å². The summed E-state index contributed by atoms with van der Waals surface area (Å²) < 4.78 is 12.2. The Balaban J connectivity index is 1.83. The van der Waals surface area contributed by atoms with Gasteiger partial charge in [0, 0.05) is 0 Å². The van der Waals surface area contributed by atoms with Crippen molar-refractivity contribution in [1.29, 1.82) is 0 Å². The number of nitrogens with zero attached hydrogens (tertiary/aromatic N) is 4. The minimum absolute atomic E-state index is 0.434. The van der Waals surface area contributed by atoms with Crippen molar-refractivity contribution in [3.05, 3.63) is 54.2 Å². The number of hydrogen-bond donors (Lipinski definition) is 1. The van der Waals surface area contributed by atoms with E-state index in [-0.39, 0.29) is 0 Å². The monoisotopic (exact) mass is 313 g/mol. The molecule has 0 atom stereocenters. The van der Waals surface area contributed by atoms with E-state index in [2.05, 4.69) is 20.8 Å². The lowest BCUT2D eigenvalue weighted by Gasteiger charge is -2.24. The van der Waals surface area contributed by atoms with E-state index in [0.717, 1.165) is 17.2 Å². The summed E-state index contributed by atoms with van der Waals surface area (Å²) in [4.78, 5) is 0. The molecule has 1 aromatic carbocycles. The fourth-order valence-electron chi connectivity index (χ4n) is 2.27. The molecule has 23 heavy (non-hydrogen) atoms. The molecule has 0 spiro atoms. The van der Waals surface area contributed by atoms with Crippen LogP contribution in [0.5, 0.6) is 5.75 Å². The molecule has 0 unspecified atom stereocenters. The maximum atomic E-state index is 5.35. The van der Waals surface area contributed by atoms with E-state index in [0.29, 0.717) is 12.4 Å². The van der Waals surface area contributed by atoms with E-state index in [4.69, 9.17) is 9.15 Å². The summed E-state index contributed by atoms with van der Waals surface area (Å²) in [5.41, 5.74) is 0.439. The van der Waals surface area contributed by atoms with Gasteiger partial charge in [-0.15, -0.1) is 5.10 Å². The molecule has 0 fully saturated rings. The summed E-state index contributed by atoms with van der Waals surface area (Å²) in [5, 5.41) is 15.5. The average Bonchev–Trinajstić information content (AvgIpc) is 3.25. The van der Waals surface area contributed by atoms with Crippen molar-refractivity contribution in [2.45, 2.75) is 25.9 Å². The zero-order chi connectivity index (χ0) is 16.3. The predicted molar refractivity (Wildman–Crippen MR) is 84.3 cm³/mol. The Labute approximate surface area is 134 Å². The Morgan fingerprint density at radius 1 is 1.22 bits per heavy atom. The van der Waals surface area contributed by atoms with Gasteiger partial charge in [0.05, 0.1) is 31.1 Å². The summed E-state index contributed by atoms with van der Waals surface area (Å²) in [6.45, 7) is 4.65. The van der Waals surface area contributed by atoms with Gasteiger partial charge in [0.1, 0.15) is 11.5 Å². The Bertz CT molecular complexity index is 747. The fourth-order valence-corrected chi connectivity index (χ4v) is 2.27. The van der Waals surface area contributed by atoms with E-state index < -0.39 is 5.54 Å². The Hall–Kier alpha value is -2.67. The third-order valence-electron chi connectivity index (χ3n) is 3.63. The normalized spacial score (nSPS) is 11.6. The van der Waals surface area contributed by atoms with Crippen LogP contribution >= 0.6 is 0 Å². The molecule has 0 aliphatic carbocycles. The van der Waals surface area contributed by atoms with Crippen molar-refractivity contribution in [3.63, 3.8) is 0 Å². The number of furan rings is 1. The maximum absolute atomic E-state index is 5.35. The van der Waals surface area contributed by atoms with Crippen LogP contribution in [0.1, 0.15) is 25.4 Å². The van der Waals surface area contributed by atoms with Crippen LogP contribution in [0, 0.1) is 0 Å². The highest BCUT2D eigenvalue weighted by Crippen LogP contribution is 2.22. The summed E-state index contributed by atoms with van der Waals surface area (Å²) in [6.07, 6.45) is 1.66. The van der Waals surface area contributed by atoms with Crippen LogP contribution in [0.3, 0.4) is 0 Å². The van der Waals surface area contributed by atoms with Crippen LogP contribution in [-0.2, 0) is 12.1 Å². The first-order valence-corrected chi connectivity index (χ1v) is 7.31. The number of hydrogen-bond acceptors (Lipinski definition) is 6. The first kappa shape index (κ1) is 15.2. The van der Waals surface area contributed by atoms with E-state index in [1.165, 1.54) is 0 Å². The first-order chi connectivity index (χ1) is 11.1. The molecule has 3 rings (SSSR count). The molecule has 3 aromatic rings. The average molecular weight is 313 g/mol. The molecular formula is C16H19N5O2. The molecule has 0 saturated carbocycles. The molecular weight excluding hydrogens is 294 g/mol. The Morgan fingerprint density at radius 3 is 2.65 bits per heavy atom. The molecule has 7 nitrogen and oxygen atoms in total. The highest BCUT2D eigenvalue weighted by Gasteiger charge is 2.28. The number of rotatable bonds is 6. The molecule has 1 N–H and O–H groups in total. The lowest BCUT2D eigenvalue weighted by molar-refractivity contribution is 0.347. The lowest BCUT2D eigenvalue weighted by atomic mass is 10.0. The predicted octanol–water partition coefficient (Wildman–Crippen LogP) is 2.29. The van der Waals surface area contributed by atoms with Crippen molar-refractivity contribution in [2.75, 3.05) is 7.11 Å². The smallest absolute Gasteiger partial charge is 0.176 e. The van der Waals surface area contributed by atoms with Gasteiger partial charge in [-0.2, -0.15) is 4.68 Å². The molecule has 120 valence electrons. The van der Waals surface area contributed by atoms with Gasteiger partial charge in [-0.05, 0) is 60.7 Å². The third kappa shape index (κ3) is 3.24. The van der Waals surface area contributed by atoms with E-state index >= 15 is 0 Å². The zero-order valence-electron chi connectivity index (χ0n) is 13.4. The summed E-state index contributed by atoms with van der Waals surface area (Å²) in [7, 11) is 1.64. The standard InChI is InChI=1S/C16H19N5O2/c1-16(2,17-11-14-5-4-10-23-14)15-18-19-20-21(15)12-6-8-13(22-3)9-7-12/h4-10,17H,11H2,1-3H3. The number of ether oxygens (including phenoxy) is 1. The second kappa shape index (κ2) is 6.21. The van der Waals surface area contributed by atoms with Gasteiger partial charge < -0.3 is 9.15 Å². The van der Waals surface area contributed by atoms with E-state index in [1.54, 1.807) is 18.1 Å². The molecule has 0 amide bonds. The number of aromatic nitrogens is 4. The SMILES string of the molecule is COc1ccc(-n2nnnc2C(C)(C)NCc2ccco2)cc1. The van der Waals surface area contributed by atoms with Crippen molar-refractivity contribution in [3.8, 4) is 11.4 Å². The lowest BCUT2D eigenvalue weighted by Crippen LogP contribution is -2.38. The minimum atomic E-state index is -0.434. The molecule has 0 aliphatic heterocycles. The van der Waals surface area contributed by atoms with Crippen LogP contribution in [0.2, 0.25) is 0 Å². The number of tetrazole rings is 1. The molecule has 2 aromatic heterocycles. The van der Waals surface area contributed by atoms with Gasteiger partial charge in [0.15, 0.2) is 5.82 Å². The van der Waals surface area contributed by atoms with Crippen LogP contribution in [0.15, 0.2) is 47.1 Å². The molecule has 7 heteroatoms. The van der Waals surface area contributed by atoms with Gasteiger partial charge in [0.25, 0.3) is 0 Å². The van der Waals surface area contributed by atoms with Crippen molar-refractivity contribution in [2.24, 2.45) is 0 Å². The summed E-state index contributed by atoms with van der Waals surface area (Å²) >= 11 is 0. The van der Waals surface area contributed by atoms with Crippen LogP contribution in [-0.4, -0.2) is 27.3 Å². The highest BCUT2D eigenvalue weighted by molar-refractivity contribution is 5.37. The quantitative estimate of drug-likeness (QED) is 0.752. The molecule has 2 heterocycles. The second-order valence-electron chi connectivity index (χ2n) is 5.67. The minimum Gasteiger partial charge on any atom is -0.497 e. The van der Waals surface area contributed by atoms with Crippen molar-refractivity contribution >= 4 is 0 Å². The summed E-state index contributed by atoms with van der Waals surface area (Å²) in [6, 6.07) is 11.4. The largest absolute Gasteiger partial charge is 0.497 e. The fraction of sp³-hybridized carbons (Fsp3) is 0.312. The number of nitrogens with one attached hydrogen (secondary N) is 1. The topological polar surface area (TPSA) is 78.0 Å². The summed E-state index contributed by atoms with van der Waals surface area (Å²) in [5.74, 6) is 2.37.